The summed E-state index contributed by atoms with van der Waals surface area (Å²) in [7, 11) is 0. The van der Waals surface area contributed by atoms with Gasteiger partial charge in [-0.3, -0.25) is 0 Å². The Labute approximate surface area is 113 Å². The van der Waals surface area contributed by atoms with Crippen LogP contribution in [0.15, 0.2) is 28.8 Å². The maximum Gasteiger partial charge on any atom is 0.229 e. The number of benzene rings is 1. The minimum absolute atomic E-state index is 0.228. The predicted molar refractivity (Wildman–Crippen MR) is 72.8 cm³/mol. The molecule has 0 radical (unpaired) electrons. The third kappa shape index (κ3) is 2.54. The molecule has 1 fully saturated rings. The highest BCUT2D eigenvalue weighted by Gasteiger charge is 2.25. The number of hydrogen-bond donors (Lipinski definition) is 1. The van der Waals surface area contributed by atoms with Crippen molar-refractivity contribution in [3.8, 4) is 0 Å². The molecule has 1 saturated carbocycles. The molecule has 2 N–H and O–H groups in total. The quantitative estimate of drug-likeness (QED) is 0.914. The van der Waals surface area contributed by atoms with Crippen LogP contribution in [-0.4, -0.2) is 10.1 Å². The van der Waals surface area contributed by atoms with Crippen molar-refractivity contribution in [1.29, 1.82) is 0 Å². The van der Waals surface area contributed by atoms with Crippen LogP contribution in [0.5, 0.6) is 0 Å². The lowest BCUT2D eigenvalue weighted by Gasteiger charge is -2.09. The van der Waals surface area contributed by atoms with Crippen LogP contribution in [0, 0.1) is 0 Å². The van der Waals surface area contributed by atoms with Gasteiger partial charge in [-0.1, -0.05) is 43.3 Å². The molecule has 1 aliphatic carbocycles. The first kappa shape index (κ1) is 12.4. The van der Waals surface area contributed by atoms with Crippen molar-refractivity contribution >= 4 is 0 Å². The average molecular weight is 257 g/mol. The monoisotopic (exact) mass is 257 g/mol. The van der Waals surface area contributed by atoms with Gasteiger partial charge in [0, 0.05) is 5.92 Å². The summed E-state index contributed by atoms with van der Waals surface area (Å²) in [6.07, 6.45) is 2.58. The molecule has 1 aromatic heterocycles. The van der Waals surface area contributed by atoms with Crippen molar-refractivity contribution in [3.05, 3.63) is 47.1 Å². The summed E-state index contributed by atoms with van der Waals surface area (Å²) in [4.78, 5) is 4.37. The summed E-state index contributed by atoms with van der Waals surface area (Å²) < 4.78 is 5.22. The lowest BCUT2D eigenvalue weighted by molar-refractivity contribution is 0.359. The van der Waals surface area contributed by atoms with Gasteiger partial charge in [0.2, 0.25) is 5.89 Å². The first-order chi connectivity index (χ1) is 9.15. The zero-order valence-corrected chi connectivity index (χ0v) is 11.3. The van der Waals surface area contributed by atoms with E-state index in [1.54, 1.807) is 0 Å². The second-order valence-electron chi connectivity index (χ2n) is 5.57. The summed E-state index contributed by atoms with van der Waals surface area (Å²) in [5, 5.41) is 3.99. The van der Waals surface area contributed by atoms with Crippen LogP contribution < -0.4 is 5.73 Å². The van der Waals surface area contributed by atoms with Crippen molar-refractivity contribution in [1.82, 2.24) is 10.1 Å². The molecule has 0 saturated heterocycles. The van der Waals surface area contributed by atoms with Crippen LogP contribution in [0.2, 0.25) is 0 Å². The number of aromatic nitrogens is 2. The molecule has 1 unspecified atom stereocenters. The molecule has 1 atom stereocenters. The Morgan fingerprint density at radius 3 is 2.74 bits per heavy atom. The Balaban J connectivity index is 1.85. The van der Waals surface area contributed by atoms with Gasteiger partial charge in [-0.25, -0.2) is 0 Å². The van der Waals surface area contributed by atoms with Gasteiger partial charge >= 0.3 is 0 Å². The molecule has 4 heteroatoms. The minimum Gasteiger partial charge on any atom is -0.339 e. The number of rotatable bonds is 4. The van der Waals surface area contributed by atoms with E-state index in [1.807, 2.05) is 19.9 Å². The molecule has 1 aliphatic rings. The van der Waals surface area contributed by atoms with E-state index >= 15 is 0 Å². The van der Waals surface area contributed by atoms with Gasteiger partial charge in [0.05, 0.1) is 6.04 Å². The molecule has 0 bridgehead atoms. The molecule has 0 aliphatic heterocycles. The highest BCUT2D eigenvalue weighted by atomic mass is 16.5. The third-order valence-corrected chi connectivity index (χ3v) is 3.55. The Kier molecular flexibility index (Phi) is 3.11. The van der Waals surface area contributed by atoms with Crippen LogP contribution in [0.4, 0.5) is 0 Å². The maximum atomic E-state index is 6.23. The minimum atomic E-state index is -0.310. The van der Waals surface area contributed by atoms with Gasteiger partial charge in [-0.05, 0) is 29.9 Å². The van der Waals surface area contributed by atoms with Crippen molar-refractivity contribution in [3.63, 3.8) is 0 Å². The van der Waals surface area contributed by atoms with E-state index in [0.717, 1.165) is 11.5 Å². The number of nitrogens with zero attached hydrogens (tertiary/aromatic N) is 2. The Morgan fingerprint density at radius 1 is 1.32 bits per heavy atom. The molecular formula is C15H19N3O. The van der Waals surface area contributed by atoms with E-state index < -0.39 is 0 Å². The summed E-state index contributed by atoms with van der Waals surface area (Å²) in [6, 6.07) is 8.13. The molecule has 0 amide bonds. The largest absolute Gasteiger partial charge is 0.339 e. The van der Waals surface area contributed by atoms with Crippen LogP contribution in [-0.2, 0) is 0 Å². The van der Waals surface area contributed by atoms with Gasteiger partial charge in [0.1, 0.15) is 0 Å². The second-order valence-corrected chi connectivity index (χ2v) is 5.57. The fourth-order valence-electron chi connectivity index (χ4n) is 2.18. The molecule has 19 heavy (non-hydrogen) atoms. The topological polar surface area (TPSA) is 64.9 Å². The van der Waals surface area contributed by atoms with Crippen molar-refractivity contribution in [2.24, 2.45) is 5.73 Å². The molecule has 1 aromatic carbocycles. The molecule has 4 nitrogen and oxygen atoms in total. The van der Waals surface area contributed by atoms with Gasteiger partial charge in [-0.2, -0.15) is 4.98 Å². The summed E-state index contributed by atoms with van der Waals surface area (Å²) in [5.41, 5.74) is 8.67. The smallest absolute Gasteiger partial charge is 0.229 e. The maximum absolute atomic E-state index is 6.23. The zero-order valence-electron chi connectivity index (χ0n) is 11.3. The van der Waals surface area contributed by atoms with E-state index in [2.05, 4.69) is 28.3 Å². The van der Waals surface area contributed by atoms with Crippen molar-refractivity contribution in [2.75, 3.05) is 0 Å². The van der Waals surface area contributed by atoms with Crippen molar-refractivity contribution in [2.45, 2.75) is 44.6 Å². The molecule has 3 rings (SSSR count). The Bertz CT molecular complexity index is 572. The van der Waals surface area contributed by atoms with Gasteiger partial charge in [-0.15, -0.1) is 0 Å². The highest BCUT2D eigenvalue weighted by Crippen LogP contribution is 2.40. The summed E-state index contributed by atoms with van der Waals surface area (Å²) >= 11 is 0. The predicted octanol–water partition coefficient (Wildman–Crippen LogP) is 3.12. The van der Waals surface area contributed by atoms with Gasteiger partial charge in [0.25, 0.3) is 0 Å². The zero-order chi connectivity index (χ0) is 13.4. The highest BCUT2D eigenvalue weighted by molar-refractivity contribution is 5.33. The van der Waals surface area contributed by atoms with Gasteiger partial charge < -0.3 is 10.3 Å². The third-order valence-electron chi connectivity index (χ3n) is 3.55. The first-order valence-electron chi connectivity index (χ1n) is 6.84. The van der Waals surface area contributed by atoms with E-state index in [0.29, 0.717) is 11.7 Å². The van der Waals surface area contributed by atoms with Gasteiger partial charge in [0.15, 0.2) is 5.82 Å². The Morgan fingerprint density at radius 2 is 2.11 bits per heavy atom. The lowest BCUT2D eigenvalue weighted by atomic mass is 10.0. The second kappa shape index (κ2) is 4.78. The molecule has 1 heterocycles. The van der Waals surface area contributed by atoms with Crippen LogP contribution in [0.25, 0.3) is 0 Å². The Hall–Kier alpha value is -1.68. The van der Waals surface area contributed by atoms with E-state index in [1.165, 1.54) is 18.4 Å². The number of hydrogen-bond acceptors (Lipinski definition) is 4. The molecular weight excluding hydrogens is 238 g/mol. The standard InChI is InChI=1S/C15H19N3O/c1-9(2)15-17-14(18-19-15)13(16)12-5-3-4-11(8-12)10-6-7-10/h3-5,8-10,13H,6-7,16H2,1-2H3. The molecule has 0 spiro atoms. The lowest BCUT2D eigenvalue weighted by Crippen LogP contribution is -2.14. The number of nitrogens with two attached hydrogens (primary N) is 1. The molecule has 2 aromatic rings. The fraction of sp³-hybridized carbons (Fsp3) is 0.467. The first-order valence-corrected chi connectivity index (χ1v) is 6.84. The summed E-state index contributed by atoms with van der Waals surface area (Å²) in [6.45, 7) is 4.05. The van der Waals surface area contributed by atoms with Crippen LogP contribution in [0.1, 0.15) is 67.4 Å². The van der Waals surface area contributed by atoms with Crippen molar-refractivity contribution < 1.29 is 4.52 Å². The molecule has 100 valence electrons. The van der Waals surface area contributed by atoms with E-state index in [9.17, 15) is 0 Å². The SMILES string of the molecule is CC(C)c1nc(C(N)c2cccc(C3CC3)c2)no1. The van der Waals surface area contributed by atoms with Crippen LogP contribution in [0.3, 0.4) is 0 Å². The van der Waals surface area contributed by atoms with Crippen LogP contribution >= 0.6 is 0 Å². The fourth-order valence-corrected chi connectivity index (χ4v) is 2.18. The van der Waals surface area contributed by atoms with E-state index in [-0.39, 0.29) is 12.0 Å². The normalized spacial score (nSPS) is 16.8. The van der Waals surface area contributed by atoms with E-state index in [4.69, 9.17) is 10.3 Å². The summed E-state index contributed by atoms with van der Waals surface area (Å²) in [5.74, 6) is 2.16. The average Bonchev–Trinajstić information content (AvgIpc) is 3.15.